The summed E-state index contributed by atoms with van der Waals surface area (Å²) in [5, 5.41) is 19.2. The molecule has 1 aliphatic rings. The first-order chi connectivity index (χ1) is 9.61. The summed E-state index contributed by atoms with van der Waals surface area (Å²) in [5.74, 6) is 0.867. The normalized spacial score (nSPS) is 16.4. The molecule has 1 atom stereocenters. The lowest BCUT2D eigenvalue weighted by Crippen LogP contribution is -2.38. The number of hydrogen-bond donors (Lipinski definition) is 2. The predicted octanol–water partition coefficient (Wildman–Crippen LogP) is 1.50. The average molecular weight is 279 g/mol. The van der Waals surface area contributed by atoms with Crippen LogP contribution in [0.1, 0.15) is 24.0 Å². The van der Waals surface area contributed by atoms with Gasteiger partial charge in [0.05, 0.1) is 6.61 Å². The number of hydrogen-bond acceptors (Lipinski definition) is 4. The van der Waals surface area contributed by atoms with Crippen LogP contribution in [0.25, 0.3) is 0 Å². The van der Waals surface area contributed by atoms with E-state index in [-0.39, 0.29) is 6.61 Å². The lowest BCUT2D eigenvalue weighted by atomic mass is 10.1. The van der Waals surface area contributed by atoms with Gasteiger partial charge in [0.2, 0.25) is 0 Å². The van der Waals surface area contributed by atoms with Gasteiger partial charge in [-0.15, -0.1) is 0 Å². The fraction of sp³-hybridized carbons (Fsp3) is 0.625. The summed E-state index contributed by atoms with van der Waals surface area (Å²) in [5.41, 5.74) is 2.18. The molecule has 0 amide bonds. The highest BCUT2D eigenvalue weighted by molar-refractivity contribution is 5.39. The highest BCUT2D eigenvalue weighted by Crippen LogP contribution is 2.27. The molecule has 1 aliphatic carbocycles. The van der Waals surface area contributed by atoms with Crippen molar-refractivity contribution in [3.8, 4) is 5.75 Å². The van der Waals surface area contributed by atoms with Crippen LogP contribution in [-0.4, -0.2) is 53.6 Å². The highest BCUT2D eigenvalue weighted by Gasteiger charge is 2.29. The van der Waals surface area contributed by atoms with Crippen LogP contribution in [0.15, 0.2) is 18.2 Å². The Morgan fingerprint density at radius 2 is 1.95 bits per heavy atom. The maximum absolute atomic E-state index is 10.1. The van der Waals surface area contributed by atoms with Crippen LogP contribution >= 0.6 is 0 Å². The van der Waals surface area contributed by atoms with Gasteiger partial charge in [-0.1, -0.05) is 18.2 Å². The van der Waals surface area contributed by atoms with Crippen LogP contribution < -0.4 is 4.74 Å². The minimum atomic E-state index is -0.527. The lowest BCUT2D eigenvalue weighted by Gasteiger charge is -2.24. The third-order valence-electron chi connectivity index (χ3n) is 3.72. The molecule has 0 heterocycles. The molecule has 0 saturated heterocycles. The second-order valence-electron chi connectivity index (χ2n) is 5.64. The molecule has 1 saturated carbocycles. The van der Waals surface area contributed by atoms with Gasteiger partial charge in [-0.05, 0) is 37.8 Å². The standard InChI is InChI=1S/C16H25NO3/c1-12-4-3-5-13(2)16(12)20-11-15(19)10-17(8-9-18)14-6-7-14/h3-5,14-15,18-19H,6-11H2,1-2H3. The number of para-hydroxylation sites is 1. The first-order valence-corrected chi connectivity index (χ1v) is 7.33. The zero-order valence-electron chi connectivity index (χ0n) is 12.4. The van der Waals surface area contributed by atoms with E-state index in [9.17, 15) is 5.11 Å². The molecule has 0 aliphatic heterocycles. The van der Waals surface area contributed by atoms with Gasteiger partial charge in [0.1, 0.15) is 18.5 Å². The summed E-state index contributed by atoms with van der Waals surface area (Å²) in [7, 11) is 0. The number of benzene rings is 1. The number of aliphatic hydroxyl groups is 2. The minimum Gasteiger partial charge on any atom is -0.490 e. The Morgan fingerprint density at radius 1 is 1.30 bits per heavy atom. The lowest BCUT2D eigenvalue weighted by molar-refractivity contribution is 0.0584. The Balaban J connectivity index is 1.83. The Kier molecular flexibility index (Phi) is 5.40. The Bertz CT molecular complexity index is 411. The SMILES string of the molecule is Cc1cccc(C)c1OCC(O)CN(CCO)C1CC1. The van der Waals surface area contributed by atoms with Gasteiger partial charge < -0.3 is 14.9 Å². The maximum atomic E-state index is 10.1. The molecule has 112 valence electrons. The molecule has 1 unspecified atom stereocenters. The number of aryl methyl sites for hydroxylation is 2. The molecule has 0 spiro atoms. The summed E-state index contributed by atoms with van der Waals surface area (Å²) in [6.07, 6.45) is 1.82. The topological polar surface area (TPSA) is 52.9 Å². The molecular weight excluding hydrogens is 254 g/mol. The largest absolute Gasteiger partial charge is 0.490 e. The van der Waals surface area contributed by atoms with Crippen molar-refractivity contribution in [1.29, 1.82) is 0 Å². The van der Waals surface area contributed by atoms with E-state index in [2.05, 4.69) is 4.90 Å². The van der Waals surface area contributed by atoms with Gasteiger partial charge in [0.15, 0.2) is 0 Å². The summed E-state index contributed by atoms with van der Waals surface area (Å²) in [4.78, 5) is 2.15. The molecule has 0 bridgehead atoms. The first kappa shape index (κ1) is 15.3. The van der Waals surface area contributed by atoms with Crippen molar-refractivity contribution < 1.29 is 14.9 Å². The molecule has 1 fully saturated rings. The van der Waals surface area contributed by atoms with Crippen molar-refractivity contribution in [2.45, 2.75) is 38.8 Å². The molecule has 0 aromatic heterocycles. The summed E-state index contributed by atoms with van der Waals surface area (Å²) >= 11 is 0. The van der Waals surface area contributed by atoms with Gasteiger partial charge >= 0.3 is 0 Å². The second kappa shape index (κ2) is 7.07. The van der Waals surface area contributed by atoms with Crippen LogP contribution in [0.4, 0.5) is 0 Å². The summed E-state index contributed by atoms with van der Waals surface area (Å²) in [6, 6.07) is 6.56. The van der Waals surface area contributed by atoms with E-state index in [1.165, 1.54) is 12.8 Å². The van der Waals surface area contributed by atoms with Crippen molar-refractivity contribution in [1.82, 2.24) is 4.90 Å². The monoisotopic (exact) mass is 279 g/mol. The fourth-order valence-electron chi connectivity index (χ4n) is 2.52. The van der Waals surface area contributed by atoms with E-state index in [1.54, 1.807) is 0 Å². The smallest absolute Gasteiger partial charge is 0.125 e. The summed E-state index contributed by atoms with van der Waals surface area (Å²) in [6.45, 7) is 5.65. The molecule has 4 heteroatoms. The molecular formula is C16H25NO3. The Labute approximate surface area is 121 Å². The molecule has 0 radical (unpaired) electrons. The third-order valence-corrected chi connectivity index (χ3v) is 3.72. The maximum Gasteiger partial charge on any atom is 0.125 e. The summed E-state index contributed by atoms with van der Waals surface area (Å²) < 4.78 is 5.77. The van der Waals surface area contributed by atoms with Crippen molar-refractivity contribution in [3.05, 3.63) is 29.3 Å². The van der Waals surface area contributed by atoms with Crippen LogP contribution in [0.2, 0.25) is 0 Å². The van der Waals surface area contributed by atoms with E-state index in [1.807, 2.05) is 32.0 Å². The predicted molar refractivity (Wildman–Crippen MR) is 79.1 cm³/mol. The number of rotatable bonds is 8. The van der Waals surface area contributed by atoms with Crippen LogP contribution in [0, 0.1) is 13.8 Å². The van der Waals surface area contributed by atoms with E-state index >= 15 is 0 Å². The second-order valence-corrected chi connectivity index (χ2v) is 5.64. The number of nitrogens with zero attached hydrogens (tertiary/aromatic N) is 1. The number of aliphatic hydroxyl groups excluding tert-OH is 2. The van der Waals surface area contributed by atoms with Crippen molar-refractivity contribution in [2.24, 2.45) is 0 Å². The van der Waals surface area contributed by atoms with Crippen molar-refractivity contribution in [3.63, 3.8) is 0 Å². The number of ether oxygens (including phenoxy) is 1. The third kappa shape index (κ3) is 4.20. The Morgan fingerprint density at radius 3 is 2.50 bits per heavy atom. The average Bonchev–Trinajstić information content (AvgIpc) is 3.22. The highest BCUT2D eigenvalue weighted by atomic mass is 16.5. The van der Waals surface area contributed by atoms with Crippen LogP contribution in [0.3, 0.4) is 0 Å². The van der Waals surface area contributed by atoms with Gasteiger partial charge in [-0.25, -0.2) is 0 Å². The van der Waals surface area contributed by atoms with E-state index in [0.29, 0.717) is 25.7 Å². The van der Waals surface area contributed by atoms with E-state index in [0.717, 1.165) is 16.9 Å². The van der Waals surface area contributed by atoms with Gasteiger partial charge in [0.25, 0.3) is 0 Å². The Hall–Kier alpha value is -1.10. The van der Waals surface area contributed by atoms with Gasteiger partial charge in [-0.2, -0.15) is 0 Å². The van der Waals surface area contributed by atoms with Gasteiger partial charge in [-0.3, -0.25) is 4.90 Å². The van der Waals surface area contributed by atoms with Crippen molar-refractivity contribution >= 4 is 0 Å². The van der Waals surface area contributed by atoms with E-state index in [4.69, 9.17) is 9.84 Å². The minimum absolute atomic E-state index is 0.140. The molecule has 1 aromatic rings. The van der Waals surface area contributed by atoms with E-state index < -0.39 is 6.10 Å². The van der Waals surface area contributed by atoms with Crippen LogP contribution in [0.5, 0.6) is 5.75 Å². The zero-order valence-corrected chi connectivity index (χ0v) is 12.4. The fourth-order valence-corrected chi connectivity index (χ4v) is 2.52. The molecule has 20 heavy (non-hydrogen) atoms. The zero-order chi connectivity index (χ0) is 14.5. The van der Waals surface area contributed by atoms with Gasteiger partial charge in [0, 0.05) is 19.1 Å². The first-order valence-electron chi connectivity index (χ1n) is 7.33. The molecule has 2 N–H and O–H groups in total. The van der Waals surface area contributed by atoms with Crippen LogP contribution in [-0.2, 0) is 0 Å². The quantitative estimate of drug-likeness (QED) is 0.757. The molecule has 4 nitrogen and oxygen atoms in total. The van der Waals surface area contributed by atoms with Crippen molar-refractivity contribution in [2.75, 3.05) is 26.3 Å². The molecule has 2 rings (SSSR count). The molecule has 1 aromatic carbocycles.